The molecule has 2 aromatic rings. The van der Waals surface area contributed by atoms with Crippen molar-refractivity contribution in [3.63, 3.8) is 0 Å². The normalized spacial score (nSPS) is 10.5. The van der Waals surface area contributed by atoms with Gasteiger partial charge >= 0.3 is 0 Å². The van der Waals surface area contributed by atoms with Gasteiger partial charge in [0.15, 0.2) is 10.9 Å². The molecular weight excluding hydrogens is 210 g/mol. The summed E-state index contributed by atoms with van der Waals surface area (Å²) in [5.41, 5.74) is 0.783. The van der Waals surface area contributed by atoms with Crippen LogP contribution in [0.2, 0.25) is 0 Å². The standard InChI is InChI=1S/C9H11N5S/c1-3-14-8(13(2)12-9(14)15)7-6-10-4-5-11-7/h4-6H,3H2,1-2H3. The van der Waals surface area contributed by atoms with Crippen molar-refractivity contribution in [3.05, 3.63) is 18.6 Å². The van der Waals surface area contributed by atoms with E-state index in [1.54, 1.807) is 23.3 Å². The van der Waals surface area contributed by atoms with Crippen molar-refractivity contribution in [2.75, 3.05) is 0 Å². The van der Waals surface area contributed by atoms with Crippen LogP contribution >= 0.6 is 0 Å². The summed E-state index contributed by atoms with van der Waals surface area (Å²) >= 11 is 5.14. The van der Waals surface area contributed by atoms with E-state index in [0.717, 1.165) is 18.1 Å². The number of hydrogen-bond donors (Lipinski definition) is 0. The molecule has 0 aliphatic carbocycles. The van der Waals surface area contributed by atoms with Crippen LogP contribution in [-0.4, -0.2) is 19.7 Å². The molecule has 0 aliphatic rings. The zero-order valence-electron chi connectivity index (χ0n) is 8.58. The van der Waals surface area contributed by atoms with E-state index in [2.05, 4.69) is 15.1 Å². The fraction of sp³-hybridized carbons (Fsp3) is 0.333. The molecule has 15 heavy (non-hydrogen) atoms. The Bertz CT molecular complexity index is 465. The van der Waals surface area contributed by atoms with E-state index < -0.39 is 0 Å². The first-order chi connectivity index (χ1) is 7.24. The maximum Gasteiger partial charge on any atom is 0.286 e. The summed E-state index contributed by atoms with van der Waals surface area (Å²) in [5.74, 6) is 0.885. The Morgan fingerprint density at radius 2 is 2.27 bits per heavy atom. The Morgan fingerprint density at radius 3 is 2.87 bits per heavy atom. The van der Waals surface area contributed by atoms with E-state index in [4.69, 9.17) is 12.6 Å². The molecule has 0 spiro atoms. The smallest absolute Gasteiger partial charge is 0.286 e. The molecule has 0 fully saturated rings. The Kier molecular flexibility index (Phi) is 2.59. The van der Waals surface area contributed by atoms with Crippen LogP contribution in [0.3, 0.4) is 0 Å². The summed E-state index contributed by atoms with van der Waals surface area (Å²) in [6.45, 7) is 2.80. The minimum atomic E-state index is 0.570. The summed E-state index contributed by atoms with van der Waals surface area (Å²) in [4.78, 5) is 8.28. The zero-order valence-corrected chi connectivity index (χ0v) is 9.40. The second-order valence-corrected chi connectivity index (χ2v) is 3.43. The highest BCUT2D eigenvalue weighted by atomic mass is 32.1. The lowest BCUT2D eigenvalue weighted by Gasteiger charge is -2.02. The molecule has 0 amide bonds. The van der Waals surface area contributed by atoms with Crippen molar-refractivity contribution in [2.24, 2.45) is 7.05 Å². The molecule has 78 valence electrons. The fourth-order valence-corrected chi connectivity index (χ4v) is 1.84. The highest BCUT2D eigenvalue weighted by Crippen LogP contribution is 2.09. The lowest BCUT2D eigenvalue weighted by Crippen LogP contribution is -2.36. The minimum absolute atomic E-state index is 0.570. The Morgan fingerprint density at radius 1 is 1.47 bits per heavy atom. The molecule has 0 saturated carbocycles. The van der Waals surface area contributed by atoms with E-state index in [-0.39, 0.29) is 0 Å². The predicted octanol–water partition coefficient (Wildman–Crippen LogP) is 0.0903. The molecule has 2 rings (SSSR count). The largest absolute Gasteiger partial charge is 0.703 e. The Hall–Kier alpha value is -1.56. The topological polar surface area (TPSA) is 47.5 Å². The van der Waals surface area contributed by atoms with Gasteiger partial charge in [-0.25, -0.2) is 9.55 Å². The monoisotopic (exact) mass is 221 g/mol. The maximum atomic E-state index is 5.14. The molecular formula is C9H11N5S. The van der Waals surface area contributed by atoms with Gasteiger partial charge in [-0.3, -0.25) is 4.98 Å². The highest BCUT2D eigenvalue weighted by Gasteiger charge is 2.18. The van der Waals surface area contributed by atoms with Crippen molar-refractivity contribution < 1.29 is 4.57 Å². The number of hydrogen-bond acceptors (Lipinski definition) is 4. The van der Waals surface area contributed by atoms with Crippen molar-refractivity contribution in [2.45, 2.75) is 18.6 Å². The van der Waals surface area contributed by atoms with Crippen LogP contribution in [0, 0.1) is 0 Å². The number of aryl methyl sites for hydroxylation is 1. The summed E-state index contributed by atoms with van der Waals surface area (Å²) in [6.07, 6.45) is 5.01. The first-order valence-electron chi connectivity index (χ1n) is 4.64. The van der Waals surface area contributed by atoms with Gasteiger partial charge in [0, 0.05) is 17.5 Å². The zero-order chi connectivity index (χ0) is 10.8. The number of aromatic nitrogens is 5. The van der Waals surface area contributed by atoms with Gasteiger partial charge in [-0.15, -0.1) is 4.68 Å². The van der Waals surface area contributed by atoms with Gasteiger partial charge in [0.1, 0.15) is 0 Å². The third kappa shape index (κ3) is 1.68. The van der Waals surface area contributed by atoms with Gasteiger partial charge in [-0.2, -0.15) is 0 Å². The second-order valence-electron chi connectivity index (χ2n) is 3.06. The van der Waals surface area contributed by atoms with Crippen LogP contribution in [0.4, 0.5) is 0 Å². The summed E-state index contributed by atoms with van der Waals surface area (Å²) < 4.78 is 3.66. The minimum Gasteiger partial charge on any atom is -0.703 e. The van der Waals surface area contributed by atoms with Crippen molar-refractivity contribution in [3.8, 4) is 11.5 Å². The molecule has 0 atom stereocenters. The first-order valence-corrected chi connectivity index (χ1v) is 5.05. The molecule has 2 aromatic heterocycles. The van der Waals surface area contributed by atoms with Crippen LogP contribution in [0.1, 0.15) is 6.92 Å². The van der Waals surface area contributed by atoms with Crippen LogP contribution < -0.4 is 4.57 Å². The van der Waals surface area contributed by atoms with Crippen LogP contribution in [-0.2, 0) is 26.2 Å². The van der Waals surface area contributed by atoms with Crippen molar-refractivity contribution in [1.29, 1.82) is 0 Å². The van der Waals surface area contributed by atoms with Gasteiger partial charge in [-0.1, -0.05) is 0 Å². The first kappa shape index (κ1) is 9.97. The van der Waals surface area contributed by atoms with E-state index in [9.17, 15) is 0 Å². The van der Waals surface area contributed by atoms with Gasteiger partial charge in [-0.05, 0) is 6.92 Å². The molecule has 2 heterocycles. The van der Waals surface area contributed by atoms with Gasteiger partial charge in [0.2, 0.25) is 0 Å². The Balaban J connectivity index is 2.62. The lowest BCUT2D eigenvalue weighted by molar-refractivity contribution is -0.719. The third-order valence-electron chi connectivity index (χ3n) is 2.14. The summed E-state index contributed by atoms with van der Waals surface area (Å²) in [7, 11) is 1.85. The molecule has 0 radical (unpaired) electrons. The number of rotatable bonds is 2. The highest BCUT2D eigenvalue weighted by molar-refractivity contribution is 7.58. The average Bonchev–Trinajstić information content (AvgIpc) is 2.54. The molecule has 6 heteroatoms. The molecule has 0 N–H and O–H groups in total. The molecule has 0 aromatic carbocycles. The van der Waals surface area contributed by atoms with Gasteiger partial charge in [0.05, 0.1) is 19.8 Å². The molecule has 0 unspecified atom stereocenters. The van der Waals surface area contributed by atoms with Gasteiger partial charge in [0.25, 0.3) is 5.82 Å². The van der Waals surface area contributed by atoms with E-state index >= 15 is 0 Å². The van der Waals surface area contributed by atoms with E-state index in [1.807, 2.05) is 18.5 Å². The number of nitrogens with zero attached hydrogens (tertiary/aromatic N) is 5. The molecule has 0 saturated heterocycles. The molecule has 0 aliphatic heterocycles. The lowest BCUT2D eigenvalue weighted by atomic mass is 10.4. The van der Waals surface area contributed by atoms with Crippen LogP contribution in [0.15, 0.2) is 23.7 Å². The quantitative estimate of drug-likeness (QED) is 0.532. The summed E-state index contributed by atoms with van der Waals surface area (Å²) in [6, 6.07) is 0. The average molecular weight is 221 g/mol. The maximum absolute atomic E-state index is 5.14. The fourth-order valence-electron chi connectivity index (χ4n) is 1.50. The third-order valence-corrected chi connectivity index (χ3v) is 2.44. The van der Waals surface area contributed by atoms with E-state index in [0.29, 0.717) is 5.16 Å². The predicted molar refractivity (Wildman–Crippen MR) is 55.7 cm³/mol. The van der Waals surface area contributed by atoms with Crippen LogP contribution in [0.5, 0.6) is 0 Å². The summed E-state index contributed by atoms with van der Waals surface area (Å²) in [5, 5.41) is 4.75. The van der Waals surface area contributed by atoms with Crippen molar-refractivity contribution in [1.82, 2.24) is 19.7 Å². The Labute approximate surface area is 93.2 Å². The van der Waals surface area contributed by atoms with E-state index in [1.165, 1.54) is 0 Å². The van der Waals surface area contributed by atoms with Crippen molar-refractivity contribution >= 4 is 12.6 Å². The SMILES string of the molecule is CC[n+]1c([S-])nn(C)c1-c1cnccn1. The van der Waals surface area contributed by atoms with Crippen LogP contribution in [0.25, 0.3) is 11.5 Å². The molecule has 5 nitrogen and oxygen atoms in total. The molecule has 0 bridgehead atoms. The second kappa shape index (κ2) is 3.90. The van der Waals surface area contributed by atoms with Gasteiger partial charge < -0.3 is 12.6 Å².